The van der Waals surface area contributed by atoms with Crippen LogP contribution in [0.3, 0.4) is 0 Å². The standard InChI is InChI=1S/C20H23ClN2O3/c1-13(2)26-18-8-6-17(7-9-18)22-20(25)12-23(15(4)24)19-10-5-16(21)11-14(19)3/h5-11,13H,12H2,1-4H3,(H,22,25). The van der Waals surface area contributed by atoms with Crippen LogP contribution in [0.15, 0.2) is 42.5 Å². The third kappa shape index (κ3) is 5.49. The molecule has 26 heavy (non-hydrogen) atoms. The van der Waals surface area contributed by atoms with Crippen LogP contribution >= 0.6 is 11.6 Å². The van der Waals surface area contributed by atoms with Gasteiger partial charge in [-0.3, -0.25) is 9.59 Å². The summed E-state index contributed by atoms with van der Waals surface area (Å²) in [7, 11) is 0. The molecule has 0 aliphatic heterocycles. The number of ether oxygens (including phenoxy) is 1. The molecule has 0 spiro atoms. The smallest absolute Gasteiger partial charge is 0.244 e. The third-order valence-corrected chi connectivity index (χ3v) is 3.88. The van der Waals surface area contributed by atoms with E-state index in [-0.39, 0.29) is 24.5 Å². The normalized spacial score (nSPS) is 10.5. The van der Waals surface area contributed by atoms with Crippen molar-refractivity contribution in [2.24, 2.45) is 0 Å². The van der Waals surface area contributed by atoms with E-state index in [1.807, 2.05) is 20.8 Å². The molecule has 0 fully saturated rings. The lowest BCUT2D eigenvalue weighted by atomic mass is 10.1. The summed E-state index contributed by atoms with van der Waals surface area (Å²) in [5.74, 6) is 0.235. The third-order valence-electron chi connectivity index (χ3n) is 3.64. The Bertz CT molecular complexity index is 788. The van der Waals surface area contributed by atoms with E-state index >= 15 is 0 Å². The molecule has 0 heterocycles. The van der Waals surface area contributed by atoms with Gasteiger partial charge < -0.3 is 15.0 Å². The summed E-state index contributed by atoms with van der Waals surface area (Å²) >= 11 is 5.97. The van der Waals surface area contributed by atoms with Gasteiger partial charge in [0, 0.05) is 23.3 Å². The number of aryl methyl sites for hydroxylation is 1. The molecule has 0 saturated carbocycles. The monoisotopic (exact) mass is 374 g/mol. The second-order valence-electron chi connectivity index (χ2n) is 6.28. The van der Waals surface area contributed by atoms with Crippen molar-refractivity contribution in [3.8, 4) is 5.75 Å². The Morgan fingerprint density at radius 1 is 1.15 bits per heavy atom. The van der Waals surface area contributed by atoms with Crippen LogP contribution in [0.1, 0.15) is 26.3 Å². The summed E-state index contributed by atoms with van der Waals surface area (Å²) < 4.78 is 5.57. The predicted octanol–water partition coefficient (Wildman–Crippen LogP) is 4.43. The van der Waals surface area contributed by atoms with Gasteiger partial charge in [0.25, 0.3) is 0 Å². The number of anilines is 2. The zero-order chi connectivity index (χ0) is 19.3. The van der Waals surface area contributed by atoms with Crippen LogP contribution < -0.4 is 15.0 Å². The molecule has 0 aliphatic rings. The molecule has 2 rings (SSSR count). The topological polar surface area (TPSA) is 58.6 Å². The van der Waals surface area contributed by atoms with Gasteiger partial charge in [-0.1, -0.05) is 11.6 Å². The van der Waals surface area contributed by atoms with Gasteiger partial charge in [-0.2, -0.15) is 0 Å². The van der Waals surface area contributed by atoms with Gasteiger partial charge in [0.05, 0.1) is 6.10 Å². The van der Waals surface area contributed by atoms with Gasteiger partial charge in [-0.25, -0.2) is 0 Å². The predicted molar refractivity (Wildman–Crippen MR) is 105 cm³/mol. The molecule has 0 aliphatic carbocycles. The molecule has 1 N–H and O–H groups in total. The first kappa shape index (κ1) is 19.8. The van der Waals surface area contributed by atoms with E-state index in [4.69, 9.17) is 16.3 Å². The fourth-order valence-corrected chi connectivity index (χ4v) is 2.75. The highest BCUT2D eigenvalue weighted by Gasteiger charge is 2.18. The first-order valence-electron chi connectivity index (χ1n) is 8.37. The van der Waals surface area contributed by atoms with Crippen molar-refractivity contribution in [2.45, 2.75) is 33.8 Å². The zero-order valence-electron chi connectivity index (χ0n) is 15.4. The number of carbonyl (C=O) groups excluding carboxylic acids is 2. The second kappa shape index (κ2) is 8.72. The van der Waals surface area contributed by atoms with Gasteiger partial charge in [-0.05, 0) is 68.8 Å². The Morgan fingerprint density at radius 2 is 1.81 bits per heavy atom. The Labute approximate surface area is 158 Å². The van der Waals surface area contributed by atoms with Gasteiger partial charge in [0.1, 0.15) is 12.3 Å². The molecule has 0 atom stereocenters. The number of benzene rings is 2. The minimum atomic E-state index is -0.285. The molecule has 0 radical (unpaired) electrons. The van der Waals surface area contributed by atoms with Crippen molar-refractivity contribution >= 4 is 34.8 Å². The number of amides is 2. The van der Waals surface area contributed by atoms with E-state index in [0.717, 1.165) is 11.3 Å². The van der Waals surface area contributed by atoms with Gasteiger partial charge in [0.2, 0.25) is 11.8 Å². The fourth-order valence-electron chi connectivity index (χ4n) is 2.52. The lowest BCUT2D eigenvalue weighted by molar-refractivity contribution is -0.120. The maximum atomic E-state index is 12.4. The fraction of sp³-hybridized carbons (Fsp3) is 0.300. The molecule has 0 saturated heterocycles. The molecule has 0 unspecified atom stereocenters. The number of hydrogen-bond donors (Lipinski definition) is 1. The number of hydrogen-bond acceptors (Lipinski definition) is 3. The van der Waals surface area contributed by atoms with Crippen LogP contribution in [0, 0.1) is 6.92 Å². The highest BCUT2D eigenvalue weighted by molar-refractivity contribution is 6.30. The van der Waals surface area contributed by atoms with E-state index in [1.54, 1.807) is 42.5 Å². The quantitative estimate of drug-likeness (QED) is 0.813. The van der Waals surface area contributed by atoms with Crippen LogP contribution in [-0.4, -0.2) is 24.5 Å². The van der Waals surface area contributed by atoms with Crippen LogP contribution in [0.2, 0.25) is 5.02 Å². The SMILES string of the molecule is CC(=O)N(CC(=O)Nc1ccc(OC(C)C)cc1)c1ccc(Cl)cc1C. The van der Waals surface area contributed by atoms with Crippen molar-refractivity contribution in [1.29, 1.82) is 0 Å². The van der Waals surface area contributed by atoms with E-state index in [0.29, 0.717) is 16.4 Å². The number of carbonyl (C=O) groups is 2. The first-order valence-corrected chi connectivity index (χ1v) is 8.75. The summed E-state index contributed by atoms with van der Waals surface area (Å²) in [6.45, 7) is 7.10. The average molecular weight is 375 g/mol. The minimum absolute atomic E-state index is 0.0813. The molecule has 6 heteroatoms. The van der Waals surface area contributed by atoms with Gasteiger partial charge in [-0.15, -0.1) is 0 Å². The number of rotatable bonds is 6. The minimum Gasteiger partial charge on any atom is -0.491 e. The summed E-state index contributed by atoms with van der Waals surface area (Å²) in [4.78, 5) is 25.8. The van der Waals surface area contributed by atoms with Crippen molar-refractivity contribution in [3.05, 3.63) is 53.1 Å². The van der Waals surface area contributed by atoms with Crippen molar-refractivity contribution < 1.29 is 14.3 Å². The highest BCUT2D eigenvalue weighted by Crippen LogP contribution is 2.24. The van der Waals surface area contributed by atoms with Crippen LogP contribution in [0.25, 0.3) is 0 Å². The molecule has 138 valence electrons. The lowest BCUT2D eigenvalue weighted by Crippen LogP contribution is -2.37. The van der Waals surface area contributed by atoms with Crippen LogP contribution in [0.4, 0.5) is 11.4 Å². The molecule has 5 nitrogen and oxygen atoms in total. The van der Waals surface area contributed by atoms with E-state index < -0.39 is 0 Å². The molecular formula is C20H23ClN2O3. The highest BCUT2D eigenvalue weighted by atomic mass is 35.5. The molecule has 0 bridgehead atoms. The first-order chi connectivity index (χ1) is 12.3. The Kier molecular flexibility index (Phi) is 6.64. The Hall–Kier alpha value is -2.53. The summed E-state index contributed by atoms with van der Waals surface area (Å²) in [5.41, 5.74) is 2.14. The number of halogens is 1. The molecule has 2 aromatic carbocycles. The largest absolute Gasteiger partial charge is 0.491 e. The zero-order valence-corrected chi connectivity index (χ0v) is 16.1. The Morgan fingerprint density at radius 3 is 2.35 bits per heavy atom. The molecular weight excluding hydrogens is 352 g/mol. The lowest BCUT2D eigenvalue weighted by Gasteiger charge is -2.22. The number of nitrogens with zero attached hydrogens (tertiary/aromatic N) is 1. The van der Waals surface area contributed by atoms with Gasteiger partial charge >= 0.3 is 0 Å². The summed E-state index contributed by atoms with van der Waals surface area (Å²) in [6, 6.07) is 12.3. The molecule has 2 amide bonds. The van der Waals surface area contributed by atoms with E-state index in [2.05, 4.69) is 5.32 Å². The summed E-state index contributed by atoms with van der Waals surface area (Å²) in [6.07, 6.45) is 0.0854. The Balaban J connectivity index is 2.07. The van der Waals surface area contributed by atoms with E-state index in [9.17, 15) is 9.59 Å². The maximum Gasteiger partial charge on any atom is 0.244 e. The van der Waals surface area contributed by atoms with Crippen molar-refractivity contribution in [1.82, 2.24) is 0 Å². The summed E-state index contributed by atoms with van der Waals surface area (Å²) in [5, 5.41) is 3.38. The van der Waals surface area contributed by atoms with Crippen molar-refractivity contribution in [3.63, 3.8) is 0 Å². The second-order valence-corrected chi connectivity index (χ2v) is 6.71. The molecule has 2 aromatic rings. The van der Waals surface area contributed by atoms with Crippen LogP contribution in [0.5, 0.6) is 5.75 Å². The molecule has 0 aromatic heterocycles. The van der Waals surface area contributed by atoms with Crippen molar-refractivity contribution in [2.75, 3.05) is 16.8 Å². The van der Waals surface area contributed by atoms with E-state index in [1.165, 1.54) is 11.8 Å². The van der Waals surface area contributed by atoms with Crippen LogP contribution in [-0.2, 0) is 9.59 Å². The van der Waals surface area contributed by atoms with Gasteiger partial charge in [0.15, 0.2) is 0 Å². The maximum absolute atomic E-state index is 12.4. The average Bonchev–Trinajstić information content (AvgIpc) is 2.54. The number of nitrogens with one attached hydrogen (secondary N) is 1.